The fraction of sp³-hybridized carbons (Fsp3) is 0.615. The highest BCUT2D eigenvalue weighted by Crippen LogP contribution is 2.12. The smallest absolute Gasteiger partial charge is 0.0593 e. The molecule has 1 aromatic rings. The normalized spacial score (nSPS) is 13.0. The van der Waals surface area contributed by atoms with Crippen LogP contribution in [0.1, 0.15) is 25.8 Å². The van der Waals surface area contributed by atoms with Gasteiger partial charge < -0.3 is 10.0 Å². The van der Waals surface area contributed by atoms with Crippen molar-refractivity contribution in [2.24, 2.45) is 0 Å². The molecule has 1 unspecified atom stereocenters. The molecule has 96 valence electrons. The van der Waals surface area contributed by atoms with Gasteiger partial charge in [0.15, 0.2) is 0 Å². The molecule has 0 amide bonds. The third-order valence-corrected chi connectivity index (χ3v) is 3.34. The number of rotatable bonds is 7. The summed E-state index contributed by atoms with van der Waals surface area (Å²) >= 11 is 3.38. The summed E-state index contributed by atoms with van der Waals surface area (Å²) in [6.45, 7) is 7.33. The number of halogens is 1. The zero-order chi connectivity index (χ0) is 12.7. The molecule has 0 aliphatic rings. The van der Waals surface area contributed by atoms with Crippen molar-refractivity contribution in [2.75, 3.05) is 19.6 Å². The first-order valence-corrected chi connectivity index (χ1v) is 6.94. The van der Waals surface area contributed by atoms with Crippen LogP contribution < -0.4 is 0 Å². The van der Waals surface area contributed by atoms with Gasteiger partial charge in [0.1, 0.15) is 0 Å². The topological polar surface area (TPSA) is 36.4 Å². The highest BCUT2D eigenvalue weighted by molar-refractivity contribution is 9.10. The number of hydrogen-bond acceptors (Lipinski definition) is 3. The standard InChI is InChI=1S/C13H21BrN2O/c1-3-16(4-2)6-5-13(17)8-11-7-12(14)10-15-9-11/h7,9-10,13,17H,3-6,8H2,1-2H3. The van der Waals surface area contributed by atoms with Gasteiger partial charge in [-0.1, -0.05) is 13.8 Å². The minimum Gasteiger partial charge on any atom is -0.393 e. The fourth-order valence-electron chi connectivity index (χ4n) is 1.81. The molecule has 0 aliphatic heterocycles. The van der Waals surface area contributed by atoms with E-state index in [4.69, 9.17) is 0 Å². The van der Waals surface area contributed by atoms with Crippen LogP contribution >= 0.6 is 15.9 Å². The molecule has 1 atom stereocenters. The molecule has 0 radical (unpaired) electrons. The lowest BCUT2D eigenvalue weighted by Crippen LogP contribution is -2.27. The third-order valence-electron chi connectivity index (χ3n) is 2.91. The van der Waals surface area contributed by atoms with Crippen molar-refractivity contribution in [1.82, 2.24) is 9.88 Å². The number of aromatic nitrogens is 1. The van der Waals surface area contributed by atoms with Crippen LogP contribution in [0.3, 0.4) is 0 Å². The lowest BCUT2D eigenvalue weighted by atomic mass is 10.1. The van der Waals surface area contributed by atoms with Crippen LogP contribution in [0.2, 0.25) is 0 Å². The van der Waals surface area contributed by atoms with E-state index in [2.05, 4.69) is 39.7 Å². The van der Waals surface area contributed by atoms with Gasteiger partial charge in [0, 0.05) is 23.4 Å². The van der Waals surface area contributed by atoms with Crippen molar-refractivity contribution in [3.63, 3.8) is 0 Å². The summed E-state index contributed by atoms with van der Waals surface area (Å²) in [4.78, 5) is 6.42. The molecule has 0 saturated heterocycles. The van der Waals surface area contributed by atoms with Crippen LogP contribution in [0, 0.1) is 0 Å². The van der Waals surface area contributed by atoms with Crippen LogP contribution in [0.15, 0.2) is 22.9 Å². The van der Waals surface area contributed by atoms with Crippen molar-refractivity contribution in [1.29, 1.82) is 0 Å². The van der Waals surface area contributed by atoms with Gasteiger partial charge in [-0.15, -0.1) is 0 Å². The van der Waals surface area contributed by atoms with Gasteiger partial charge in [-0.2, -0.15) is 0 Å². The summed E-state index contributed by atoms with van der Waals surface area (Å²) in [5.41, 5.74) is 1.08. The van der Waals surface area contributed by atoms with Gasteiger partial charge in [-0.05, 0) is 53.5 Å². The van der Waals surface area contributed by atoms with Gasteiger partial charge in [-0.3, -0.25) is 4.98 Å². The minimum atomic E-state index is -0.285. The molecule has 17 heavy (non-hydrogen) atoms. The molecule has 0 fully saturated rings. The van der Waals surface area contributed by atoms with Gasteiger partial charge >= 0.3 is 0 Å². The Kier molecular flexibility index (Phi) is 6.70. The molecule has 1 heterocycles. The Morgan fingerprint density at radius 1 is 1.35 bits per heavy atom. The molecule has 1 N–H and O–H groups in total. The Morgan fingerprint density at radius 3 is 2.65 bits per heavy atom. The monoisotopic (exact) mass is 300 g/mol. The molecular weight excluding hydrogens is 280 g/mol. The lowest BCUT2D eigenvalue weighted by molar-refractivity contribution is 0.143. The number of aliphatic hydroxyl groups is 1. The molecule has 0 aliphatic carbocycles. The van der Waals surface area contributed by atoms with Crippen LogP contribution in [0.25, 0.3) is 0 Å². The first-order valence-electron chi connectivity index (χ1n) is 6.15. The van der Waals surface area contributed by atoms with Crippen molar-refractivity contribution in [3.8, 4) is 0 Å². The van der Waals surface area contributed by atoms with E-state index in [1.807, 2.05) is 12.3 Å². The number of pyridine rings is 1. The van der Waals surface area contributed by atoms with E-state index < -0.39 is 0 Å². The number of aliphatic hydroxyl groups excluding tert-OH is 1. The molecule has 1 rings (SSSR count). The van der Waals surface area contributed by atoms with E-state index in [0.29, 0.717) is 6.42 Å². The largest absolute Gasteiger partial charge is 0.393 e. The maximum atomic E-state index is 9.96. The van der Waals surface area contributed by atoms with E-state index in [1.165, 1.54) is 0 Å². The predicted molar refractivity (Wildman–Crippen MR) is 74.1 cm³/mol. The molecular formula is C13H21BrN2O. The van der Waals surface area contributed by atoms with Crippen molar-refractivity contribution < 1.29 is 5.11 Å². The van der Waals surface area contributed by atoms with Gasteiger partial charge in [0.25, 0.3) is 0 Å². The van der Waals surface area contributed by atoms with E-state index in [9.17, 15) is 5.11 Å². The van der Waals surface area contributed by atoms with Crippen molar-refractivity contribution in [3.05, 3.63) is 28.5 Å². The first kappa shape index (κ1) is 14.6. The van der Waals surface area contributed by atoms with Gasteiger partial charge in [0.05, 0.1) is 6.10 Å². The second-order valence-electron chi connectivity index (χ2n) is 4.18. The predicted octanol–water partition coefficient (Wildman–Crippen LogP) is 2.48. The number of nitrogens with zero attached hydrogens (tertiary/aromatic N) is 2. The second-order valence-corrected chi connectivity index (χ2v) is 5.10. The van der Waals surface area contributed by atoms with E-state index >= 15 is 0 Å². The Hall–Kier alpha value is -0.450. The van der Waals surface area contributed by atoms with Crippen LogP contribution in [0.5, 0.6) is 0 Å². The average Bonchev–Trinajstić information content (AvgIpc) is 2.30. The van der Waals surface area contributed by atoms with Gasteiger partial charge in [-0.25, -0.2) is 0 Å². The fourth-order valence-corrected chi connectivity index (χ4v) is 2.23. The second kappa shape index (κ2) is 7.80. The maximum absolute atomic E-state index is 9.96. The van der Waals surface area contributed by atoms with Crippen LogP contribution in [0.4, 0.5) is 0 Å². The molecule has 3 nitrogen and oxygen atoms in total. The highest BCUT2D eigenvalue weighted by Gasteiger charge is 2.08. The molecule has 0 bridgehead atoms. The average molecular weight is 301 g/mol. The lowest BCUT2D eigenvalue weighted by Gasteiger charge is -2.20. The molecule has 0 spiro atoms. The zero-order valence-corrected chi connectivity index (χ0v) is 12.2. The summed E-state index contributed by atoms with van der Waals surface area (Å²) < 4.78 is 0.964. The SMILES string of the molecule is CCN(CC)CCC(O)Cc1cncc(Br)c1. The molecule has 0 saturated carbocycles. The maximum Gasteiger partial charge on any atom is 0.0593 e. The first-order chi connectivity index (χ1) is 8.15. The van der Waals surface area contributed by atoms with E-state index in [0.717, 1.165) is 36.1 Å². The van der Waals surface area contributed by atoms with Crippen LogP contribution in [-0.2, 0) is 6.42 Å². The van der Waals surface area contributed by atoms with E-state index in [-0.39, 0.29) is 6.10 Å². The highest BCUT2D eigenvalue weighted by atomic mass is 79.9. The minimum absolute atomic E-state index is 0.285. The Balaban J connectivity index is 2.36. The quantitative estimate of drug-likeness (QED) is 0.840. The Bertz CT molecular complexity index is 329. The summed E-state index contributed by atoms with van der Waals surface area (Å²) in [5.74, 6) is 0. The summed E-state index contributed by atoms with van der Waals surface area (Å²) in [6.07, 6.45) is 4.77. The van der Waals surface area contributed by atoms with Crippen molar-refractivity contribution in [2.45, 2.75) is 32.8 Å². The van der Waals surface area contributed by atoms with Gasteiger partial charge in [0.2, 0.25) is 0 Å². The third kappa shape index (κ3) is 5.61. The Morgan fingerprint density at radius 2 is 2.06 bits per heavy atom. The Labute approximate surface area is 112 Å². The summed E-state index contributed by atoms with van der Waals surface area (Å²) in [7, 11) is 0. The van der Waals surface area contributed by atoms with Crippen molar-refractivity contribution >= 4 is 15.9 Å². The summed E-state index contributed by atoms with van der Waals surface area (Å²) in [5, 5.41) is 9.96. The van der Waals surface area contributed by atoms with E-state index in [1.54, 1.807) is 6.20 Å². The zero-order valence-electron chi connectivity index (χ0n) is 10.6. The molecule has 1 aromatic heterocycles. The summed E-state index contributed by atoms with van der Waals surface area (Å²) in [6, 6.07) is 2.01. The molecule has 0 aromatic carbocycles. The molecule has 4 heteroatoms. The number of hydrogen-bond donors (Lipinski definition) is 1. The van der Waals surface area contributed by atoms with Crippen LogP contribution in [-0.4, -0.2) is 40.7 Å².